The van der Waals surface area contributed by atoms with Gasteiger partial charge >= 0.3 is 6.18 Å². The normalized spacial score (nSPS) is 17.7. The molecule has 1 atom stereocenters. The van der Waals surface area contributed by atoms with Crippen LogP contribution in [0.25, 0.3) is 0 Å². The lowest BCUT2D eigenvalue weighted by Gasteiger charge is -2.24. The molecule has 0 bridgehead atoms. The van der Waals surface area contributed by atoms with Crippen LogP contribution in [-0.2, 0) is 18.2 Å². The number of hydrogen-bond acceptors (Lipinski definition) is 7. The second-order valence-corrected chi connectivity index (χ2v) is 6.35. The Labute approximate surface area is 154 Å². The van der Waals surface area contributed by atoms with E-state index in [4.69, 9.17) is 4.74 Å². The Hall–Kier alpha value is -2.40. The Morgan fingerprint density at radius 2 is 2.15 bits per heavy atom. The Morgan fingerprint density at radius 1 is 1.33 bits per heavy atom. The molecule has 3 heterocycles. The maximum atomic E-state index is 12.8. The predicted octanol–water partition coefficient (Wildman–Crippen LogP) is 1.77. The van der Waals surface area contributed by atoms with Crippen LogP contribution < -0.4 is 16.0 Å². The van der Waals surface area contributed by atoms with Crippen molar-refractivity contribution < 1.29 is 17.9 Å². The Bertz CT molecular complexity index is 772. The first-order valence-corrected chi connectivity index (χ1v) is 8.57. The second kappa shape index (κ2) is 8.09. The van der Waals surface area contributed by atoms with E-state index in [2.05, 4.69) is 31.2 Å². The van der Waals surface area contributed by atoms with Gasteiger partial charge in [0.1, 0.15) is 0 Å². The van der Waals surface area contributed by atoms with Crippen LogP contribution in [0.3, 0.4) is 0 Å². The molecule has 0 aliphatic carbocycles. The lowest BCUT2D eigenvalue weighted by Crippen LogP contribution is -2.42. The van der Waals surface area contributed by atoms with Gasteiger partial charge in [0, 0.05) is 32.7 Å². The van der Waals surface area contributed by atoms with Crippen molar-refractivity contribution in [1.29, 1.82) is 0 Å². The van der Waals surface area contributed by atoms with Crippen LogP contribution in [0.1, 0.15) is 11.4 Å². The first kappa shape index (κ1) is 19.4. The van der Waals surface area contributed by atoms with Crippen LogP contribution in [0.2, 0.25) is 0 Å². The average Bonchev–Trinajstić information content (AvgIpc) is 2.95. The molecule has 1 saturated heterocycles. The molecular formula is C16H22F3N7O. The minimum absolute atomic E-state index is 0.0288. The summed E-state index contributed by atoms with van der Waals surface area (Å²) in [5, 5.41) is 21.4. The molecule has 148 valence electrons. The van der Waals surface area contributed by atoms with E-state index in [0.717, 1.165) is 18.8 Å². The fourth-order valence-electron chi connectivity index (χ4n) is 2.77. The zero-order valence-electron chi connectivity index (χ0n) is 15.1. The zero-order chi connectivity index (χ0) is 19.4. The van der Waals surface area contributed by atoms with Gasteiger partial charge in [-0.15, -0.1) is 5.10 Å². The summed E-state index contributed by atoms with van der Waals surface area (Å²) >= 11 is 0. The van der Waals surface area contributed by atoms with Crippen molar-refractivity contribution in [3.63, 3.8) is 0 Å². The van der Waals surface area contributed by atoms with Crippen molar-refractivity contribution in [2.45, 2.75) is 25.6 Å². The smallest absolute Gasteiger partial charge is 0.381 e. The number of nitrogens with one attached hydrogen (secondary N) is 3. The van der Waals surface area contributed by atoms with Gasteiger partial charge in [0.2, 0.25) is 0 Å². The topological polar surface area (TPSA) is 88.9 Å². The van der Waals surface area contributed by atoms with Crippen molar-refractivity contribution in [1.82, 2.24) is 25.3 Å². The number of aromatic nitrogens is 4. The van der Waals surface area contributed by atoms with E-state index in [9.17, 15) is 13.2 Å². The van der Waals surface area contributed by atoms with Gasteiger partial charge in [0.25, 0.3) is 0 Å². The molecule has 0 spiro atoms. The number of alkyl halides is 3. The van der Waals surface area contributed by atoms with Gasteiger partial charge in [0.15, 0.2) is 5.82 Å². The molecule has 11 heteroatoms. The largest absolute Gasteiger partial charge is 0.394 e. The molecule has 1 fully saturated rings. The summed E-state index contributed by atoms with van der Waals surface area (Å²) in [4.78, 5) is 0. The van der Waals surface area contributed by atoms with Gasteiger partial charge in [-0.05, 0) is 6.92 Å². The highest BCUT2D eigenvalue weighted by atomic mass is 19.4. The van der Waals surface area contributed by atoms with Crippen molar-refractivity contribution >= 4 is 17.2 Å². The number of ether oxygens (including phenoxy) is 1. The van der Waals surface area contributed by atoms with Gasteiger partial charge in [-0.3, -0.25) is 4.68 Å². The summed E-state index contributed by atoms with van der Waals surface area (Å²) < 4.78 is 45.2. The Morgan fingerprint density at radius 3 is 2.85 bits per heavy atom. The lowest BCUT2D eigenvalue weighted by molar-refractivity contribution is -0.128. The number of rotatable bonds is 6. The number of nitrogens with zero attached hydrogens (tertiary/aromatic N) is 4. The van der Waals surface area contributed by atoms with Gasteiger partial charge in [0.05, 0.1) is 48.1 Å². The molecule has 2 aromatic heterocycles. The van der Waals surface area contributed by atoms with E-state index in [1.807, 2.05) is 0 Å². The third-order valence-electron chi connectivity index (χ3n) is 4.20. The molecule has 0 amide bonds. The van der Waals surface area contributed by atoms with Crippen molar-refractivity contribution in [3.05, 3.63) is 23.7 Å². The Balaban J connectivity index is 1.71. The number of morpholine rings is 1. The second-order valence-electron chi connectivity index (χ2n) is 6.35. The highest BCUT2D eigenvalue weighted by Gasteiger charge is 2.31. The van der Waals surface area contributed by atoms with Gasteiger partial charge in [-0.1, -0.05) is 0 Å². The average molecular weight is 385 g/mol. The molecule has 1 unspecified atom stereocenters. The number of anilines is 3. The summed E-state index contributed by atoms with van der Waals surface area (Å²) in [6, 6.07) is 1.71. The molecule has 0 radical (unpaired) electrons. The molecule has 3 N–H and O–H groups in total. The highest BCUT2D eigenvalue weighted by molar-refractivity contribution is 5.62. The highest BCUT2D eigenvalue weighted by Crippen LogP contribution is 2.28. The quantitative estimate of drug-likeness (QED) is 0.698. The minimum Gasteiger partial charge on any atom is -0.381 e. The molecule has 27 heavy (non-hydrogen) atoms. The first-order valence-electron chi connectivity index (χ1n) is 8.57. The van der Waals surface area contributed by atoms with E-state index in [1.165, 1.54) is 17.9 Å². The molecule has 1 aliphatic heterocycles. The SMILES string of the molecule is Cc1nnc(Nc2cnn(C)c2CC(F)(F)F)cc1NCC1CNCCO1. The number of hydrogen-bond donors (Lipinski definition) is 3. The van der Waals surface area contributed by atoms with Crippen LogP contribution in [0.4, 0.5) is 30.4 Å². The summed E-state index contributed by atoms with van der Waals surface area (Å²) in [5.74, 6) is 0.335. The molecule has 8 nitrogen and oxygen atoms in total. The fraction of sp³-hybridized carbons (Fsp3) is 0.562. The summed E-state index contributed by atoms with van der Waals surface area (Å²) in [6.45, 7) is 4.65. The maximum absolute atomic E-state index is 12.8. The molecular weight excluding hydrogens is 363 g/mol. The molecule has 3 rings (SSSR count). The molecule has 0 saturated carbocycles. The van der Waals surface area contributed by atoms with E-state index in [1.54, 1.807) is 13.0 Å². The van der Waals surface area contributed by atoms with Crippen molar-refractivity contribution in [2.75, 3.05) is 36.9 Å². The van der Waals surface area contributed by atoms with Crippen LogP contribution in [-0.4, -0.2) is 58.5 Å². The maximum Gasteiger partial charge on any atom is 0.394 e. The van der Waals surface area contributed by atoms with E-state index >= 15 is 0 Å². The Kier molecular flexibility index (Phi) is 5.80. The summed E-state index contributed by atoms with van der Waals surface area (Å²) in [5.41, 5.74) is 1.70. The van der Waals surface area contributed by atoms with Crippen molar-refractivity contribution in [2.24, 2.45) is 7.05 Å². The standard InChI is InChI=1S/C16H22F3N7O/c1-10-12(21-8-11-7-20-3-4-27-11)5-15(25-24-10)23-13-9-22-26(2)14(13)6-16(17,18)19/h5,9,11,20H,3-4,6-8H2,1-2H3,(H2,21,23,25). The van der Waals surface area contributed by atoms with Crippen LogP contribution >= 0.6 is 0 Å². The molecule has 1 aliphatic rings. The number of aryl methyl sites for hydroxylation is 2. The molecule has 2 aromatic rings. The van der Waals surface area contributed by atoms with Crippen LogP contribution in [0.5, 0.6) is 0 Å². The lowest BCUT2D eigenvalue weighted by atomic mass is 10.2. The third-order valence-corrected chi connectivity index (χ3v) is 4.20. The third kappa shape index (κ3) is 5.30. The summed E-state index contributed by atoms with van der Waals surface area (Å²) in [6.07, 6.45) is -4.02. The van der Waals surface area contributed by atoms with E-state index in [-0.39, 0.29) is 17.5 Å². The first-order chi connectivity index (χ1) is 12.8. The van der Waals surface area contributed by atoms with Crippen LogP contribution in [0.15, 0.2) is 12.3 Å². The minimum atomic E-state index is -4.33. The van der Waals surface area contributed by atoms with Crippen molar-refractivity contribution in [3.8, 4) is 0 Å². The fourth-order valence-corrected chi connectivity index (χ4v) is 2.77. The predicted molar refractivity (Wildman–Crippen MR) is 94.1 cm³/mol. The van der Waals surface area contributed by atoms with Gasteiger partial charge in [-0.2, -0.15) is 23.4 Å². The van der Waals surface area contributed by atoms with Gasteiger partial charge in [-0.25, -0.2) is 0 Å². The summed E-state index contributed by atoms with van der Waals surface area (Å²) in [7, 11) is 1.47. The number of halogens is 3. The van der Waals surface area contributed by atoms with E-state index in [0.29, 0.717) is 24.7 Å². The molecule has 0 aromatic carbocycles. The zero-order valence-corrected chi connectivity index (χ0v) is 15.1. The van der Waals surface area contributed by atoms with Gasteiger partial charge < -0.3 is 20.7 Å². The monoisotopic (exact) mass is 385 g/mol. The van der Waals surface area contributed by atoms with E-state index < -0.39 is 12.6 Å². The van der Waals surface area contributed by atoms with Crippen LogP contribution in [0, 0.1) is 6.92 Å².